The highest BCUT2D eigenvalue weighted by molar-refractivity contribution is 6.06. The van der Waals surface area contributed by atoms with Gasteiger partial charge in [0.05, 0.1) is 18.9 Å². The number of hydrogen-bond acceptors (Lipinski definition) is 4. The fourth-order valence-electron chi connectivity index (χ4n) is 4.76. The molecule has 32 heavy (non-hydrogen) atoms. The number of carbonyl (C=O) groups excluding carboxylic acids is 1. The number of hydrogen-bond donors (Lipinski definition) is 0. The van der Waals surface area contributed by atoms with Crippen molar-refractivity contribution in [3.05, 3.63) is 77.1 Å². The van der Waals surface area contributed by atoms with Gasteiger partial charge in [-0.2, -0.15) is 5.10 Å². The molecule has 1 amide bonds. The van der Waals surface area contributed by atoms with Gasteiger partial charge in [-0.1, -0.05) is 36.4 Å². The minimum atomic E-state index is -0.00468. The summed E-state index contributed by atoms with van der Waals surface area (Å²) in [5, 5.41) is 4.90. The molecule has 2 aromatic carbocycles. The molecule has 0 bridgehead atoms. The van der Waals surface area contributed by atoms with Gasteiger partial charge in [0.15, 0.2) is 5.69 Å². The first kappa shape index (κ1) is 20.9. The van der Waals surface area contributed by atoms with E-state index in [9.17, 15) is 4.79 Å². The van der Waals surface area contributed by atoms with Crippen molar-refractivity contribution in [1.29, 1.82) is 0 Å². The molecule has 1 aliphatic carbocycles. The Hall–Kier alpha value is -2.96. The minimum Gasteiger partial charge on any atom is -0.379 e. The molecule has 1 fully saturated rings. The predicted molar refractivity (Wildman–Crippen MR) is 126 cm³/mol. The van der Waals surface area contributed by atoms with Gasteiger partial charge in [0, 0.05) is 43.1 Å². The number of aromatic nitrogens is 2. The van der Waals surface area contributed by atoms with E-state index in [2.05, 4.69) is 24.0 Å². The molecule has 0 radical (unpaired) electrons. The van der Waals surface area contributed by atoms with Gasteiger partial charge in [0.2, 0.25) is 0 Å². The lowest BCUT2D eigenvalue weighted by molar-refractivity contribution is 0.0391. The molecule has 166 valence electrons. The van der Waals surface area contributed by atoms with Crippen molar-refractivity contribution in [3.63, 3.8) is 0 Å². The third-order valence-electron chi connectivity index (χ3n) is 6.53. The monoisotopic (exact) mass is 430 g/mol. The lowest BCUT2D eigenvalue weighted by atomic mass is 10.1. The Balaban J connectivity index is 1.48. The van der Waals surface area contributed by atoms with E-state index in [1.165, 1.54) is 5.69 Å². The second kappa shape index (κ2) is 9.27. The van der Waals surface area contributed by atoms with E-state index < -0.39 is 0 Å². The zero-order valence-corrected chi connectivity index (χ0v) is 18.7. The van der Waals surface area contributed by atoms with E-state index in [0.717, 1.165) is 74.6 Å². The van der Waals surface area contributed by atoms with Crippen LogP contribution in [-0.4, -0.2) is 60.0 Å². The second-order valence-electron chi connectivity index (χ2n) is 8.57. The van der Waals surface area contributed by atoms with Gasteiger partial charge in [0.1, 0.15) is 0 Å². The van der Waals surface area contributed by atoms with Gasteiger partial charge in [-0.25, -0.2) is 4.68 Å². The molecule has 6 nitrogen and oxygen atoms in total. The number of nitrogens with zero attached hydrogens (tertiary/aromatic N) is 4. The van der Waals surface area contributed by atoms with E-state index in [0.29, 0.717) is 12.2 Å². The molecular formula is C26H30N4O2. The fraction of sp³-hybridized carbons (Fsp3) is 0.385. The fourth-order valence-corrected chi connectivity index (χ4v) is 4.76. The van der Waals surface area contributed by atoms with Crippen LogP contribution in [0, 0.1) is 6.92 Å². The zero-order chi connectivity index (χ0) is 21.9. The Morgan fingerprint density at radius 2 is 1.78 bits per heavy atom. The molecule has 2 aliphatic rings. The third kappa shape index (κ3) is 4.08. The smallest absolute Gasteiger partial charge is 0.279 e. The van der Waals surface area contributed by atoms with Crippen LogP contribution in [0.4, 0.5) is 5.69 Å². The molecule has 1 aromatic heterocycles. The number of fused-ring (bicyclic) bond motifs is 1. The highest BCUT2D eigenvalue weighted by Gasteiger charge is 2.30. The van der Waals surface area contributed by atoms with Crippen LogP contribution < -0.4 is 4.90 Å². The van der Waals surface area contributed by atoms with Crippen LogP contribution in [0.1, 0.15) is 33.7 Å². The topological polar surface area (TPSA) is 50.6 Å². The maximum Gasteiger partial charge on any atom is 0.279 e. The predicted octanol–water partition coefficient (Wildman–Crippen LogP) is 3.65. The summed E-state index contributed by atoms with van der Waals surface area (Å²) in [6.45, 7) is 6.89. The average molecular weight is 431 g/mol. The third-order valence-corrected chi connectivity index (χ3v) is 6.53. The molecule has 5 rings (SSSR count). The van der Waals surface area contributed by atoms with Gasteiger partial charge in [0.25, 0.3) is 5.91 Å². The van der Waals surface area contributed by atoms with Gasteiger partial charge in [-0.15, -0.1) is 0 Å². The number of carbonyl (C=O) groups is 1. The molecule has 1 saturated heterocycles. The van der Waals surface area contributed by atoms with Crippen LogP contribution in [0.5, 0.6) is 0 Å². The number of ether oxygens (including phenoxy) is 1. The van der Waals surface area contributed by atoms with Crippen molar-refractivity contribution in [1.82, 2.24) is 14.7 Å². The summed E-state index contributed by atoms with van der Waals surface area (Å²) < 4.78 is 7.49. The number of benzene rings is 2. The maximum atomic E-state index is 13.9. The summed E-state index contributed by atoms with van der Waals surface area (Å²) in [6, 6.07) is 18.2. The standard InChI is InChI=1S/C26H30N4O2/c1-20-8-5-6-12-23(20)30-24-13-7-11-22(24)25(27-30)26(31)29(21-9-3-2-4-10-21)15-14-28-16-18-32-19-17-28/h2-6,8-10,12H,7,11,13-19H2,1H3. The lowest BCUT2D eigenvalue weighted by Crippen LogP contribution is -2.43. The molecule has 0 N–H and O–H groups in total. The van der Waals surface area contributed by atoms with E-state index in [1.54, 1.807) is 0 Å². The highest BCUT2D eigenvalue weighted by Crippen LogP contribution is 2.30. The summed E-state index contributed by atoms with van der Waals surface area (Å²) in [6.07, 6.45) is 2.94. The van der Waals surface area contributed by atoms with Crippen LogP contribution >= 0.6 is 0 Å². The number of amides is 1. The molecule has 3 aromatic rings. The quantitative estimate of drug-likeness (QED) is 0.599. The summed E-state index contributed by atoms with van der Waals surface area (Å²) in [5.74, 6) is -0.00468. The van der Waals surface area contributed by atoms with Crippen LogP contribution in [-0.2, 0) is 17.6 Å². The largest absolute Gasteiger partial charge is 0.379 e. The normalized spacial score (nSPS) is 16.2. The van der Waals surface area contributed by atoms with Crippen LogP contribution in [0.15, 0.2) is 54.6 Å². The van der Waals surface area contributed by atoms with Gasteiger partial charge < -0.3 is 9.64 Å². The van der Waals surface area contributed by atoms with E-state index in [-0.39, 0.29) is 5.91 Å². The van der Waals surface area contributed by atoms with Gasteiger partial charge >= 0.3 is 0 Å². The Kier molecular flexibility index (Phi) is 6.06. The van der Waals surface area contributed by atoms with Gasteiger partial charge in [-0.3, -0.25) is 9.69 Å². The van der Waals surface area contributed by atoms with Crippen molar-refractivity contribution in [2.24, 2.45) is 0 Å². The molecule has 6 heteroatoms. The van der Waals surface area contributed by atoms with Crippen LogP contribution in [0.25, 0.3) is 5.69 Å². The number of morpholine rings is 1. The highest BCUT2D eigenvalue weighted by atomic mass is 16.5. The Morgan fingerprint density at radius 1 is 1.03 bits per heavy atom. The SMILES string of the molecule is Cc1ccccc1-n1nc(C(=O)N(CCN2CCOCC2)c2ccccc2)c2c1CCC2. The van der Waals surface area contributed by atoms with Crippen LogP contribution in [0.2, 0.25) is 0 Å². The van der Waals surface area contributed by atoms with Crippen LogP contribution in [0.3, 0.4) is 0 Å². The minimum absolute atomic E-state index is 0.00468. The molecule has 0 atom stereocenters. The molecule has 0 unspecified atom stereocenters. The first-order valence-electron chi connectivity index (χ1n) is 11.6. The summed E-state index contributed by atoms with van der Waals surface area (Å²) in [4.78, 5) is 18.2. The summed E-state index contributed by atoms with van der Waals surface area (Å²) in [5.41, 5.74) is 6.05. The van der Waals surface area contributed by atoms with E-state index >= 15 is 0 Å². The Morgan fingerprint density at radius 3 is 2.56 bits per heavy atom. The van der Waals surface area contributed by atoms with Crippen molar-refractivity contribution in [2.45, 2.75) is 26.2 Å². The second-order valence-corrected chi connectivity index (χ2v) is 8.57. The number of para-hydroxylation sites is 2. The van der Waals surface area contributed by atoms with Crippen molar-refractivity contribution in [2.75, 3.05) is 44.3 Å². The molecular weight excluding hydrogens is 400 g/mol. The maximum absolute atomic E-state index is 13.9. The molecule has 1 aliphatic heterocycles. The van der Waals surface area contributed by atoms with Gasteiger partial charge in [-0.05, 0) is 49.9 Å². The lowest BCUT2D eigenvalue weighted by Gasteiger charge is -2.30. The average Bonchev–Trinajstić information content (AvgIpc) is 3.44. The van der Waals surface area contributed by atoms with Crippen molar-refractivity contribution in [3.8, 4) is 5.69 Å². The summed E-state index contributed by atoms with van der Waals surface area (Å²) >= 11 is 0. The Labute approximate surface area is 189 Å². The first-order chi connectivity index (χ1) is 15.7. The van der Waals surface area contributed by atoms with Crippen molar-refractivity contribution < 1.29 is 9.53 Å². The Bertz CT molecular complexity index is 1090. The van der Waals surface area contributed by atoms with E-state index in [4.69, 9.17) is 9.84 Å². The number of anilines is 1. The molecule has 2 heterocycles. The first-order valence-corrected chi connectivity index (χ1v) is 11.6. The summed E-state index contributed by atoms with van der Waals surface area (Å²) in [7, 11) is 0. The molecule has 0 saturated carbocycles. The number of aryl methyl sites for hydroxylation is 1. The van der Waals surface area contributed by atoms with E-state index in [1.807, 2.05) is 52.0 Å². The molecule has 0 spiro atoms. The van der Waals surface area contributed by atoms with Crippen molar-refractivity contribution >= 4 is 11.6 Å². The zero-order valence-electron chi connectivity index (χ0n) is 18.7. The number of rotatable bonds is 6.